The summed E-state index contributed by atoms with van der Waals surface area (Å²) in [7, 11) is -3.49. The highest BCUT2D eigenvalue weighted by molar-refractivity contribution is 7.90. The van der Waals surface area contributed by atoms with Crippen LogP contribution in [0.3, 0.4) is 0 Å². The largest absolute Gasteiger partial charge is 0.313 e. The number of nitrogens with zero attached hydrogens (tertiary/aromatic N) is 3. The van der Waals surface area contributed by atoms with Gasteiger partial charge in [-0.25, -0.2) is 17.8 Å². The second-order valence-electron chi connectivity index (χ2n) is 7.60. The van der Waals surface area contributed by atoms with Crippen LogP contribution >= 0.6 is 0 Å². The zero-order chi connectivity index (χ0) is 18.3. The van der Waals surface area contributed by atoms with Crippen molar-refractivity contribution in [1.29, 1.82) is 0 Å². The van der Waals surface area contributed by atoms with E-state index < -0.39 is 9.84 Å². The molecule has 1 aliphatic carbocycles. The first-order valence-electron chi connectivity index (χ1n) is 9.13. The molecule has 2 bridgehead atoms. The lowest BCUT2D eigenvalue weighted by Crippen LogP contribution is -2.29. The molecule has 1 saturated heterocycles. The van der Waals surface area contributed by atoms with E-state index in [2.05, 4.69) is 9.88 Å². The molecule has 140 valence electrons. The van der Waals surface area contributed by atoms with E-state index in [4.69, 9.17) is 0 Å². The summed E-state index contributed by atoms with van der Waals surface area (Å²) in [6, 6.07) is 7.06. The Morgan fingerprint density at radius 2 is 2.04 bits per heavy atom. The molecule has 26 heavy (non-hydrogen) atoms. The molecule has 1 aromatic heterocycles. The Kier molecular flexibility index (Phi) is 4.61. The topological polar surface area (TPSA) is 55.2 Å². The fraction of sp³-hybridized carbons (Fsp3) is 0.526. The first-order chi connectivity index (χ1) is 12.4. The average molecular weight is 377 g/mol. The first-order valence-corrected chi connectivity index (χ1v) is 11.0. The number of benzene rings is 1. The Morgan fingerprint density at radius 3 is 2.77 bits per heavy atom. The smallest absolute Gasteiger partial charge is 0.227 e. The minimum absolute atomic E-state index is 0.0120. The first kappa shape index (κ1) is 17.7. The average Bonchev–Trinajstić information content (AvgIpc) is 3.11. The summed E-state index contributed by atoms with van der Waals surface area (Å²) in [5.41, 5.74) is 1.30. The minimum atomic E-state index is -3.49. The molecule has 2 fully saturated rings. The van der Waals surface area contributed by atoms with Crippen molar-refractivity contribution in [2.24, 2.45) is 5.92 Å². The van der Waals surface area contributed by atoms with Crippen molar-refractivity contribution in [2.45, 2.75) is 50.0 Å². The van der Waals surface area contributed by atoms with Gasteiger partial charge in [-0.2, -0.15) is 0 Å². The van der Waals surface area contributed by atoms with Gasteiger partial charge >= 0.3 is 0 Å². The molecule has 0 spiro atoms. The zero-order valence-electron chi connectivity index (χ0n) is 14.9. The summed E-state index contributed by atoms with van der Waals surface area (Å²) in [5.74, 6) is 0.426. The van der Waals surface area contributed by atoms with E-state index in [1.165, 1.54) is 31.7 Å². The molecule has 4 rings (SSSR count). The van der Waals surface area contributed by atoms with Crippen LogP contribution in [0.5, 0.6) is 0 Å². The molecule has 1 aliphatic heterocycles. The zero-order valence-corrected chi connectivity index (χ0v) is 15.8. The third kappa shape index (κ3) is 3.42. The highest BCUT2D eigenvalue weighted by Crippen LogP contribution is 2.36. The Balaban J connectivity index is 1.66. The summed E-state index contributed by atoms with van der Waals surface area (Å²) in [6.07, 6.45) is 7.79. The number of hydrogen-bond donors (Lipinski definition) is 0. The van der Waals surface area contributed by atoms with Gasteiger partial charge in [-0.15, -0.1) is 0 Å². The molecule has 5 nitrogen and oxygen atoms in total. The van der Waals surface area contributed by atoms with Gasteiger partial charge in [0.25, 0.3) is 0 Å². The third-order valence-electron chi connectivity index (χ3n) is 5.65. The molecule has 1 saturated carbocycles. The maximum absolute atomic E-state index is 14.1. The van der Waals surface area contributed by atoms with Gasteiger partial charge in [-0.3, -0.25) is 4.90 Å². The molecule has 2 aromatic rings. The van der Waals surface area contributed by atoms with Gasteiger partial charge in [0.15, 0.2) is 0 Å². The van der Waals surface area contributed by atoms with Gasteiger partial charge in [-0.05, 0) is 31.2 Å². The standard InChI is InChI=1S/C19H24FN3O2S/c1-26(24,25)19-21-10-17(13-22-11-14-5-4-7-16(22)9-14)23(19)12-15-6-2-3-8-18(15)20/h2-3,6,8,10,14,16H,4-5,7,9,11-13H2,1H3/t14-,16+/m1/s1. The molecular formula is C19H24FN3O2S. The number of imidazole rings is 1. The van der Waals surface area contributed by atoms with E-state index in [0.717, 1.165) is 24.4 Å². The maximum atomic E-state index is 14.1. The predicted molar refractivity (Wildman–Crippen MR) is 97.0 cm³/mol. The molecule has 2 aliphatic rings. The molecule has 1 aromatic carbocycles. The molecule has 7 heteroatoms. The fourth-order valence-electron chi connectivity index (χ4n) is 4.42. The number of hydrogen-bond acceptors (Lipinski definition) is 4. The molecule has 0 radical (unpaired) electrons. The SMILES string of the molecule is CS(=O)(=O)c1ncc(CN2C[C@@H]3CCC[C@H]2C3)n1Cc1ccccc1F. The van der Waals surface area contributed by atoms with E-state index in [1.54, 1.807) is 29.0 Å². The number of sulfone groups is 1. The van der Waals surface area contributed by atoms with E-state index >= 15 is 0 Å². The predicted octanol–water partition coefficient (Wildman–Crippen LogP) is 2.85. The van der Waals surface area contributed by atoms with Crippen molar-refractivity contribution in [3.63, 3.8) is 0 Å². The van der Waals surface area contributed by atoms with Crippen LogP contribution in [0.4, 0.5) is 4.39 Å². The van der Waals surface area contributed by atoms with Crippen LogP contribution in [0.15, 0.2) is 35.6 Å². The van der Waals surface area contributed by atoms with Crippen LogP contribution in [0.25, 0.3) is 0 Å². The maximum Gasteiger partial charge on any atom is 0.227 e. The Bertz CT molecular complexity index is 909. The Morgan fingerprint density at radius 1 is 1.23 bits per heavy atom. The van der Waals surface area contributed by atoms with Crippen LogP contribution in [-0.2, 0) is 22.9 Å². The number of fused-ring (bicyclic) bond motifs is 2. The van der Waals surface area contributed by atoms with Gasteiger partial charge in [0, 0.05) is 31.0 Å². The van der Waals surface area contributed by atoms with Crippen molar-refractivity contribution in [1.82, 2.24) is 14.5 Å². The highest BCUT2D eigenvalue weighted by atomic mass is 32.2. The van der Waals surface area contributed by atoms with Crippen LogP contribution in [0.2, 0.25) is 0 Å². The second-order valence-corrected chi connectivity index (χ2v) is 9.51. The van der Waals surface area contributed by atoms with E-state index in [1.807, 2.05) is 0 Å². The summed E-state index contributed by atoms with van der Waals surface area (Å²) >= 11 is 0. The van der Waals surface area contributed by atoms with Crippen molar-refractivity contribution in [3.05, 3.63) is 47.5 Å². The van der Waals surface area contributed by atoms with Crippen LogP contribution in [-0.4, -0.2) is 41.7 Å². The summed E-state index contributed by atoms with van der Waals surface area (Å²) in [6.45, 7) is 1.90. The third-order valence-corrected chi connectivity index (χ3v) is 6.64. The van der Waals surface area contributed by atoms with Crippen LogP contribution in [0.1, 0.15) is 36.9 Å². The molecule has 0 unspecified atom stereocenters. The lowest BCUT2D eigenvalue weighted by Gasteiger charge is -2.25. The quantitative estimate of drug-likeness (QED) is 0.804. The van der Waals surface area contributed by atoms with E-state index in [9.17, 15) is 12.8 Å². The van der Waals surface area contributed by atoms with Crippen LogP contribution < -0.4 is 0 Å². The molecule has 0 N–H and O–H groups in total. The molecule has 0 amide bonds. The molecule has 2 atom stereocenters. The van der Waals surface area contributed by atoms with Gasteiger partial charge < -0.3 is 4.57 Å². The second kappa shape index (κ2) is 6.78. The van der Waals surface area contributed by atoms with Gasteiger partial charge in [0.2, 0.25) is 15.0 Å². The van der Waals surface area contributed by atoms with Crippen molar-refractivity contribution < 1.29 is 12.8 Å². The number of rotatable bonds is 5. The summed E-state index contributed by atoms with van der Waals surface area (Å²) in [4.78, 5) is 6.61. The molecular weight excluding hydrogens is 353 g/mol. The normalized spacial score (nSPS) is 23.5. The monoisotopic (exact) mass is 377 g/mol. The van der Waals surface area contributed by atoms with Gasteiger partial charge in [0.05, 0.1) is 18.4 Å². The van der Waals surface area contributed by atoms with Crippen LogP contribution in [0, 0.1) is 11.7 Å². The van der Waals surface area contributed by atoms with Gasteiger partial charge in [-0.1, -0.05) is 24.6 Å². The van der Waals surface area contributed by atoms with E-state index in [0.29, 0.717) is 18.2 Å². The molecule has 2 heterocycles. The number of aromatic nitrogens is 2. The van der Waals surface area contributed by atoms with Crippen molar-refractivity contribution in [3.8, 4) is 0 Å². The Hall–Kier alpha value is -1.73. The fourth-order valence-corrected chi connectivity index (χ4v) is 5.25. The van der Waals surface area contributed by atoms with Crippen molar-refractivity contribution >= 4 is 9.84 Å². The summed E-state index contributed by atoms with van der Waals surface area (Å²) in [5, 5.41) is 0.0120. The minimum Gasteiger partial charge on any atom is -0.313 e. The lowest BCUT2D eigenvalue weighted by molar-refractivity contribution is 0.231. The highest BCUT2D eigenvalue weighted by Gasteiger charge is 2.35. The summed E-state index contributed by atoms with van der Waals surface area (Å²) < 4.78 is 40.1. The van der Waals surface area contributed by atoms with E-state index in [-0.39, 0.29) is 17.5 Å². The Labute approximate surface area is 153 Å². The number of halogens is 1. The van der Waals surface area contributed by atoms with Crippen molar-refractivity contribution in [2.75, 3.05) is 12.8 Å². The van der Waals surface area contributed by atoms with Gasteiger partial charge in [0.1, 0.15) is 5.82 Å². The number of likely N-dealkylation sites (tertiary alicyclic amines) is 1. The lowest BCUT2D eigenvalue weighted by atomic mass is 9.90.